The van der Waals surface area contributed by atoms with Crippen LogP contribution < -0.4 is 5.73 Å². The Kier molecular flexibility index (Phi) is 2.51. The first-order valence-corrected chi connectivity index (χ1v) is 5.03. The Morgan fingerprint density at radius 2 is 2.07 bits per heavy atom. The van der Waals surface area contributed by atoms with Crippen molar-refractivity contribution >= 4 is 0 Å². The van der Waals surface area contributed by atoms with Crippen LogP contribution in [0.25, 0.3) is 0 Å². The van der Waals surface area contributed by atoms with Gasteiger partial charge in [0.1, 0.15) is 0 Å². The molecule has 2 N–H and O–H groups in total. The molecule has 0 spiro atoms. The number of hydrogen-bond acceptors (Lipinski definition) is 2. The molecule has 0 aliphatic heterocycles. The molecule has 2 heteroatoms. The standard InChI is InChI=1S/C12H14N2/c13-6-5-9-1-3-10(4-2-9)12-7-11(12)8-14/h1-4,11-12H,5-7,13H2. The maximum absolute atomic E-state index is 8.71. The second kappa shape index (κ2) is 3.81. The zero-order chi connectivity index (χ0) is 9.97. The molecule has 1 aliphatic rings. The highest BCUT2D eigenvalue weighted by molar-refractivity contribution is 5.31. The lowest BCUT2D eigenvalue weighted by atomic mass is 10.1. The minimum absolute atomic E-state index is 0.260. The first-order chi connectivity index (χ1) is 6.85. The van der Waals surface area contributed by atoms with Gasteiger partial charge in [0.15, 0.2) is 0 Å². The van der Waals surface area contributed by atoms with Crippen LogP contribution in [0.5, 0.6) is 0 Å². The summed E-state index contributed by atoms with van der Waals surface area (Å²) in [6.07, 6.45) is 1.97. The summed E-state index contributed by atoms with van der Waals surface area (Å²) in [5.41, 5.74) is 8.06. The van der Waals surface area contributed by atoms with Gasteiger partial charge in [-0.05, 0) is 30.5 Å². The number of rotatable bonds is 3. The van der Waals surface area contributed by atoms with Gasteiger partial charge in [-0.1, -0.05) is 24.3 Å². The van der Waals surface area contributed by atoms with Crippen LogP contribution in [0.2, 0.25) is 0 Å². The van der Waals surface area contributed by atoms with Gasteiger partial charge < -0.3 is 5.73 Å². The van der Waals surface area contributed by atoms with E-state index < -0.39 is 0 Å². The zero-order valence-corrected chi connectivity index (χ0v) is 8.11. The normalized spacial score (nSPS) is 24.3. The van der Waals surface area contributed by atoms with Crippen molar-refractivity contribution in [2.24, 2.45) is 11.7 Å². The largest absolute Gasteiger partial charge is 0.330 e. The van der Waals surface area contributed by atoms with Gasteiger partial charge in [-0.15, -0.1) is 0 Å². The van der Waals surface area contributed by atoms with Gasteiger partial charge in [-0.3, -0.25) is 0 Å². The van der Waals surface area contributed by atoms with Gasteiger partial charge in [0.05, 0.1) is 12.0 Å². The van der Waals surface area contributed by atoms with E-state index in [9.17, 15) is 0 Å². The second-order valence-corrected chi connectivity index (χ2v) is 3.86. The molecule has 2 unspecified atom stereocenters. The number of benzene rings is 1. The fourth-order valence-corrected chi connectivity index (χ4v) is 1.80. The Balaban J connectivity index is 2.05. The van der Waals surface area contributed by atoms with Crippen molar-refractivity contribution in [1.29, 1.82) is 5.26 Å². The van der Waals surface area contributed by atoms with Crippen LogP contribution in [-0.2, 0) is 6.42 Å². The second-order valence-electron chi connectivity index (χ2n) is 3.86. The molecule has 14 heavy (non-hydrogen) atoms. The maximum atomic E-state index is 8.71. The molecule has 2 atom stereocenters. The maximum Gasteiger partial charge on any atom is 0.0662 e. The Labute approximate surface area is 84.3 Å². The predicted octanol–water partition coefficient (Wildman–Crippen LogP) is 1.81. The van der Waals surface area contributed by atoms with Gasteiger partial charge in [0.2, 0.25) is 0 Å². The van der Waals surface area contributed by atoms with E-state index in [0.717, 1.165) is 12.8 Å². The minimum Gasteiger partial charge on any atom is -0.330 e. The molecule has 0 bridgehead atoms. The molecule has 1 fully saturated rings. The van der Waals surface area contributed by atoms with E-state index >= 15 is 0 Å². The molecule has 1 aliphatic carbocycles. The summed E-state index contributed by atoms with van der Waals surface area (Å²) in [4.78, 5) is 0. The lowest BCUT2D eigenvalue weighted by molar-refractivity contribution is 0.961. The first kappa shape index (κ1) is 9.23. The number of hydrogen-bond donors (Lipinski definition) is 1. The smallest absolute Gasteiger partial charge is 0.0662 e. The summed E-state index contributed by atoms with van der Waals surface area (Å²) in [6, 6.07) is 10.8. The van der Waals surface area contributed by atoms with Crippen molar-refractivity contribution in [3.63, 3.8) is 0 Å². The third kappa shape index (κ3) is 1.78. The summed E-state index contributed by atoms with van der Waals surface area (Å²) < 4.78 is 0. The summed E-state index contributed by atoms with van der Waals surface area (Å²) in [5.74, 6) is 0.752. The van der Waals surface area contributed by atoms with E-state index in [-0.39, 0.29) is 5.92 Å². The fraction of sp³-hybridized carbons (Fsp3) is 0.417. The Morgan fingerprint density at radius 3 is 2.57 bits per heavy atom. The molecule has 2 rings (SSSR count). The van der Waals surface area contributed by atoms with E-state index in [4.69, 9.17) is 11.0 Å². The van der Waals surface area contributed by atoms with Crippen LogP contribution >= 0.6 is 0 Å². The highest BCUT2D eigenvalue weighted by Crippen LogP contribution is 2.46. The van der Waals surface area contributed by atoms with E-state index in [0.29, 0.717) is 12.5 Å². The molecule has 0 aromatic heterocycles. The quantitative estimate of drug-likeness (QED) is 0.782. The van der Waals surface area contributed by atoms with Crippen molar-refractivity contribution in [2.45, 2.75) is 18.8 Å². The molecule has 2 nitrogen and oxygen atoms in total. The summed E-state index contributed by atoms with van der Waals surface area (Å²) in [5, 5.41) is 8.71. The summed E-state index contributed by atoms with van der Waals surface area (Å²) in [7, 11) is 0. The van der Waals surface area contributed by atoms with E-state index in [2.05, 4.69) is 30.3 Å². The van der Waals surface area contributed by atoms with Crippen LogP contribution in [0.4, 0.5) is 0 Å². The SMILES string of the molecule is N#CC1CC1c1ccc(CCN)cc1. The molecule has 0 heterocycles. The Morgan fingerprint density at radius 1 is 1.36 bits per heavy atom. The Hall–Kier alpha value is -1.33. The number of nitrogens with zero attached hydrogens (tertiary/aromatic N) is 1. The molecule has 0 saturated heterocycles. The van der Waals surface area contributed by atoms with Crippen LogP contribution in [0, 0.1) is 17.2 Å². The van der Waals surface area contributed by atoms with Crippen molar-refractivity contribution in [3.8, 4) is 6.07 Å². The third-order valence-electron chi connectivity index (χ3n) is 2.80. The highest BCUT2D eigenvalue weighted by Gasteiger charge is 2.38. The van der Waals surface area contributed by atoms with Crippen LogP contribution in [-0.4, -0.2) is 6.54 Å². The minimum atomic E-state index is 0.260. The monoisotopic (exact) mass is 186 g/mol. The molecule has 1 aromatic rings. The average Bonchev–Trinajstić information content (AvgIpc) is 2.99. The van der Waals surface area contributed by atoms with E-state index in [1.807, 2.05) is 0 Å². The highest BCUT2D eigenvalue weighted by atomic mass is 14.5. The molecule has 1 aromatic carbocycles. The van der Waals surface area contributed by atoms with Crippen molar-refractivity contribution in [3.05, 3.63) is 35.4 Å². The lowest BCUT2D eigenvalue weighted by Crippen LogP contribution is -2.02. The van der Waals surface area contributed by atoms with Gasteiger partial charge in [-0.2, -0.15) is 5.26 Å². The van der Waals surface area contributed by atoms with Crippen molar-refractivity contribution in [1.82, 2.24) is 0 Å². The number of nitrogens with two attached hydrogens (primary N) is 1. The zero-order valence-electron chi connectivity index (χ0n) is 8.11. The van der Waals surface area contributed by atoms with Gasteiger partial charge >= 0.3 is 0 Å². The van der Waals surface area contributed by atoms with Gasteiger partial charge in [0.25, 0.3) is 0 Å². The number of nitriles is 1. The van der Waals surface area contributed by atoms with Crippen molar-refractivity contribution in [2.75, 3.05) is 6.54 Å². The average molecular weight is 186 g/mol. The molecule has 0 radical (unpaired) electrons. The van der Waals surface area contributed by atoms with Crippen LogP contribution in [0.15, 0.2) is 24.3 Å². The van der Waals surface area contributed by atoms with Crippen LogP contribution in [0.1, 0.15) is 23.5 Å². The molecule has 0 amide bonds. The summed E-state index contributed by atoms with van der Waals surface area (Å²) in [6.45, 7) is 0.698. The third-order valence-corrected chi connectivity index (χ3v) is 2.80. The summed E-state index contributed by atoms with van der Waals surface area (Å²) >= 11 is 0. The van der Waals surface area contributed by atoms with E-state index in [1.165, 1.54) is 11.1 Å². The topological polar surface area (TPSA) is 49.8 Å². The molecular weight excluding hydrogens is 172 g/mol. The van der Waals surface area contributed by atoms with Gasteiger partial charge in [0, 0.05) is 5.92 Å². The predicted molar refractivity (Wildman–Crippen MR) is 55.7 cm³/mol. The fourth-order valence-electron chi connectivity index (χ4n) is 1.80. The van der Waals surface area contributed by atoms with Gasteiger partial charge in [-0.25, -0.2) is 0 Å². The molecule has 1 saturated carbocycles. The Bertz CT molecular complexity index is 348. The van der Waals surface area contributed by atoms with E-state index in [1.54, 1.807) is 0 Å². The lowest BCUT2D eigenvalue weighted by Gasteiger charge is -2.01. The molecular formula is C12H14N2. The first-order valence-electron chi connectivity index (χ1n) is 5.03. The molecule has 72 valence electrons. The van der Waals surface area contributed by atoms with Crippen molar-refractivity contribution < 1.29 is 0 Å². The van der Waals surface area contributed by atoms with Crippen LogP contribution in [0.3, 0.4) is 0 Å².